The van der Waals surface area contributed by atoms with Crippen LogP contribution in [0.5, 0.6) is 0 Å². The molecule has 2 aromatic rings. The molecule has 2 heterocycles. The van der Waals surface area contributed by atoms with Gasteiger partial charge < -0.3 is 9.67 Å². The summed E-state index contributed by atoms with van der Waals surface area (Å²) in [6.45, 7) is 5.52. The lowest BCUT2D eigenvalue weighted by Crippen LogP contribution is -2.37. The Morgan fingerprint density at radius 2 is 2.00 bits per heavy atom. The van der Waals surface area contributed by atoms with E-state index in [9.17, 15) is 14.7 Å². The van der Waals surface area contributed by atoms with E-state index in [-0.39, 0.29) is 5.65 Å². The lowest BCUT2D eigenvalue weighted by molar-refractivity contribution is 0.185. The molecule has 19 heavy (non-hydrogen) atoms. The van der Waals surface area contributed by atoms with E-state index in [1.54, 1.807) is 24.6 Å². The number of aliphatic hydroxyl groups excluding tert-OH is 1. The summed E-state index contributed by atoms with van der Waals surface area (Å²) in [6.07, 6.45) is 0.768. The maximum Gasteiger partial charge on any atom is 0.332 e. The average Bonchev–Trinajstić information content (AvgIpc) is 2.74. The first-order valence-electron chi connectivity index (χ1n) is 5.85. The molecule has 0 saturated carbocycles. The lowest BCUT2D eigenvalue weighted by Gasteiger charge is -2.08. The molecular weight excluding hydrogens is 248 g/mol. The highest BCUT2D eigenvalue weighted by Gasteiger charge is 2.20. The normalized spacial score (nSPS) is 12.8. The van der Waals surface area contributed by atoms with E-state index in [4.69, 9.17) is 0 Å². The number of nitrogens with zero attached hydrogens (tertiary/aromatic N) is 4. The Morgan fingerprint density at radius 3 is 2.53 bits per heavy atom. The second kappa shape index (κ2) is 4.51. The van der Waals surface area contributed by atoms with Gasteiger partial charge in [0.2, 0.25) is 0 Å². The standard InChI is InChI=1S/C12H16N4O3/c1-5-6-16-8-10(13-9(16)7(2)17)14(3)12(19)15(4)11(8)18/h5,7,17H,1,6H2,2-4H3/t7-/m1/s1. The highest BCUT2D eigenvalue weighted by molar-refractivity contribution is 5.71. The Morgan fingerprint density at radius 1 is 1.37 bits per heavy atom. The summed E-state index contributed by atoms with van der Waals surface area (Å²) in [5.41, 5.74) is -0.316. The van der Waals surface area contributed by atoms with Gasteiger partial charge in [0.05, 0.1) is 0 Å². The topological polar surface area (TPSA) is 82.1 Å². The summed E-state index contributed by atoms with van der Waals surface area (Å²) in [6, 6.07) is 0. The van der Waals surface area contributed by atoms with Crippen LogP contribution in [0, 0.1) is 0 Å². The van der Waals surface area contributed by atoms with Crippen LogP contribution < -0.4 is 11.2 Å². The molecule has 0 aliphatic rings. The molecule has 1 N–H and O–H groups in total. The van der Waals surface area contributed by atoms with Gasteiger partial charge >= 0.3 is 5.69 Å². The number of aryl methyl sites for hydroxylation is 1. The van der Waals surface area contributed by atoms with Crippen LogP contribution in [0.15, 0.2) is 22.2 Å². The van der Waals surface area contributed by atoms with Crippen molar-refractivity contribution in [3.8, 4) is 0 Å². The number of hydrogen-bond donors (Lipinski definition) is 1. The third-order valence-electron chi connectivity index (χ3n) is 3.06. The summed E-state index contributed by atoms with van der Waals surface area (Å²) in [5.74, 6) is 0.341. The zero-order chi connectivity index (χ0) is 14.3. The van der Waals surface area contributed by atoms with Gasteiger partial charge in [-0.3, -0.25) is 13.9 Å². The Bertz CT molecular complexity index is 764. The zero-order valence-corrected chi connectivity index (χ0v) is 11.1. The van der Waals surface area contributed by atoms with Crippen LogP contribution in [0.1, 0.15) is 18.9 Å². The third-order valence-corrected chi connectivity index (χ3v) is 3.06. The first kappa shape index (κ1) is 13.3. The van der Waals surface area contributed by atoms with Crippen LogP contribution in [0.4, 0.5) is 0 Å². The Labute approximate surface area is 109 Å². The van der Waals surface area contributed by atoms with E-state index in [0.29, 0.717) is 17.9 Å². The molecule has 0 amide bonds. The van der Waals surface area contributed by atoms with Gasteiger partial charge in [-0.05, 0) is 6.92 Å². The van der Waals surface area contributed by atoms with E-state index in [2.05, 4.69) is 11.6 Å². The molecule has 0 saturated heterocycles. The summed E-state index contributed by atoms with van der Waals surface area (Å²) < 4.78 is 3.90. The van der Waals surface area contributed by atoms with Gasteiger partial charge in [-0.2, -0.15) is 0 Å². The lowest BCUT2D eigenvalue weighted by atomic mass is 10.4. The Hall–Kier alpha value is -2.15. The fraction of sp³-hybridized carbons (Fsp3) is 0.417. The van der Waals surface area contributed by atoms with E-state index in [0.717, 1.165) is 4.57 Å². The highest BCUT2D eigenvalue weighted by atomic mass is 16.3. The molecule has 2 rings (SSSR count). The maximum atomic E-state index is 12.2. The van der Waals surface area contributed by atoms with Crippen LogP contribution in [0.3, 0.4) is 0 Å². The monoisotopic (exact) mass is 264 g/mol. The molecule has 0 spiro atoms. The molecule has 0 radical (unpaired) electrons. The number of allylic oxidation sites excluding steroid dienone is 1. The first-order valence-corrected chi connectivity index (χ1v) is 5.85. The van der Waals surface area contributed by atoms with Crippen molar-refractivity contribution in [2.24, 2.45) is 14.1 Å². The highest BCUT2D eigenvalue weighted by Crippen LogP contribution is 2.17. The molecule has 1 atom stereocenters. The molecule has 102 valence electrons. The van der Waals surface area contributed by atoms with Crippen molar-refractivity contribution in [3.63, 3.8) is 0 Å². The third kappa shape index (κ3) is 1.82. The van der Waals surface area contributed by atoms with Crippen LogP contribution in [0.2, 0.25) is 0 Å². The van der Waals surface area contributed by atoms with E-state index >= 15 is 0 Å². The van der Waals surface area contributed by atoms with Gasteiger partial charge in [-0.15, -0.1) is 6.58 Å². The number of hydrogen-bond acceptors (Lipinski definition) is 4. The van der Waals surface area contributed by atoms with Crippen molar-refractivity contribution in [2.45, 2.75) is 19.6 Å². The number of imidazole rings is 1. The van der Waals surface area contributed by atoms with Gasteiger partial charge in [0.1, 0.15) is 11.9 Å². The second-order valence-corrected chi connectivity index (χ2v) is 4.42. The fourth-order valence-electron chi connectivity index (χ4n) is 2.10. The number of aliphatic hydroxyl groups is 1. The number of rotatable bonds is 3. The van der Waals surface area contributed by atoms with Crippen molar-refractivity contribution in [1.29, 1.82) is 0 Å². The van der Waals surface area contributed by atoms with E-state index < -0.39 is 17.4 Å². The molecule has 0 fully saturated rings. The molecular formula is C12H16N4O3. The van der Waals surface area contributed by atoms with Crippen molar-refractivity contribution in [2.75, 3.05) is 0 Å². The molecule has 0 bridgehead atoms. The van der Waals surface area contributed by atoms with Gasteiger partial charge in [-0.1, -0.05) is 6.08 Å². The van der Waals surface area contributed by atoms with Crippen molar-refractivity contribution in [3.05, 3.63) is 39.3 Å². The minimum absolute atomic E-state index is 0.269. The Kier molecular flexibility index (Phi) is 3.15. The van der Waals surface area contributed by atoms with Crippen LogP contribution in [-0.2, 0) is 20.6 Å². The zero-order valence-electron chi connectivity index (χ0n) is 11.1. The van der Waals surface area contributed by atoms with Crippen LogP contribution in [-0.4, -0.2) is 23.8 Å². The minimum Gasteiger partial charge on any atom is -0.385 e. The van der Waals surface area contributed by atoms with E-state index in [1.807, 2.05) is 0 Å². The quantitative estimate of drug-likeness (QED) is 0.770. The number of aromatic nitrogens is 4. The summed E-state index contributed by atoms with van der Waals surface area (Å²) in [4.78, 5) is 28.3. The largest absolute Gasteiger partial charge is 0.385 e. The van der Waals surface area contributed by atoms with Crippen LogP contribution in [0.25, 0.3) is 11.2 Å². The van der Waals surface area contributed by atoms with Gasteiger partial charge in [-0.25, -0.2) is 9.78 Å². The van der Waals surface area contributed by atoms with Crippen molar-refractivity contribution >= 4 is 11.2 Å². The molecule has 0 aliphatic carbocycles. The maximum absolute atomic E-state index is 12.2. The predicted molar refractivity (Wildman–Crippen MR) is 71.0 cm³/mol. The van der Waals surface area contributed by atoms with E-state index in [1.165, 1.54) is 11.6 Å². The molecule has 0 aliphatic heterocycles. The summed E-state index contributed by atoms with van der Waals surface area (Å²) in [5, 5.41) is 9.74. The molecule has 7 heteroatoms. The Balaban J connectivity index is 3.05. The van der Waals surface area contributed by atoms with Gasteiger partial charge in [0, 0.05) is 20.6 Å². The molecule has 2 aromatic heterocycles. The average molecular weight is 264 g/mol. The molecule has 0 unspecified atom stereocenters. The second-order valence-electron chi connectivity index (χ2n) is 4.42. The number of fused-ring (bicyclic) bond motifs is 1. The predicted octanol–water partition coefficient (Wildman–Crippen LogP) is -0.327. The summed E-state index contributed by atoms with van der Waals surface area (Å²) in [7, 11) is 2.96. The van der Waals surface area contributed by atoms with Crippen molar-refractivity contribution in [1.82, 2.24) is 18.7 Å². The minimum atomic E-state index is -0.841. The SMILES string of the molecule is C=CCn1c([C@@H](C)O)nc2c1c(=O)n(C)c(=O)n2C. The summed E-state index contributed by atoms with van der Waals surface area (Å²) >= 11 is 0. The fourth-order valence-corrected chi connectivity index (χ4v) is 2.10. The molecule has 7 nitrogen and oxygen atoms in total. The smallest absolute Gasteiger partial charge is 0.332 e. The van der Waals surface area contributed by atoms with Gasteiger partial charge in [0.15, 0.2) is 11.2 Å². The molecule has 0 aromatic carbocycles. The van der Waals surface area contributed by atoms with Crippen LogP contribution >= 0.6 is 0 Å². The van der Waals surface area contributed by atoms with Gasteiger partial charge in [0.25, 0.3) is 5.56 Å². The first-order chi connectivity index (χ1) is 8.90. The van der Waals surface area contributed by atoms with Crippen molar-refractivity contribution < 1.29 is 5.11 Å².